The second kappa shape index (κ2) is 5.60. The summed E-state index contributed by atoms with van der Waals surface area (Å²) in [6.45, 7) is 8.72. The Morgan fingerprint density at radius 3 is 3.13 bits per heavy atom. The topological polar surface area (TPSA) is 38.6 Å². The van der Waals surface area contributed by atoms with Gasteiger partial charge in [-0.3, -0.25) is 0 Å². The second-order valence-electron chi connectivity index (χ2n) is 7.75. The van der Waals surface area contributed by atoms with Crippen LogP contribution in [-0.2, 0) is 11.2 Å². The summed E-state index contributed by atoms with van der Waals surface area (Å²) < 4.78 is 8.11. The molecular weight excluding hydrogens is 286 g/mol. The third-order valence-corrected chi connectivity index (χ3v) is 5.80. The molecule has 4 rings (SSSR count). The van der Waals surface area contributed by atoms with Crippen LogP contribution in [0.25, 0.3) is 5.65 Å². The van der Waals surface area contributed by atoms with Crippen LogP contribution in [0, 0.1) is 18.3 Å². The molecule has 23 heavy (non-hydrogen) atoms. The van der Waals surface area contributed by atoms with E-state index in [1.165, 1.54) is 24.1 Å². The molecule has 0 bridgehead atoms. The van der Waals surface area contributed by atoms with E-state index in [1.54, 1.807) is 0 Å². The minimum absolute atomic E-state index is 0.251. The molecule has 1 N–H and O–H groups in total. The predicted octanol–water partition coefficient (Wildman–Crippen LogP) is 2.98. The minimum Gasteiger partial charge on any atom is -0.377 e. The SMILES string of the molecule is Cc1cccn2cc(CCNC3C4CCCOC4C3(C)C)nc12. The van der Waals surface area contributed by atoms with Gasteiger partial charge in [0.05, 0.1) is 11.8 Å². The largest absolute Gasteiger partial charge is 0.377 e. The van der Waals surface area contributed by atoms with Gasteiger partial charge in [0, 0.05) is 49.3 Å². The van der Waals surface area contributed by atoms with Gasteiger partial charge < -0.3 is 14.5 Å². The Labute approximate surface area is 138 Å². The smallest absolute Gasteiger partial charge is 0.139 e. The van der Waals surface area contributed by atoms with Gasteiger partial charge >= 0.3 is 0 Å². The lowest BCUT2D eigenvalue weighted by atomic mass is 9.55. The molecule has 0 radical (unpaired) electrons. The molecule has 4 heteroatoms. The molecule has 0 amide bonds. The third-order valence-electron chi connectivity index (χ3n) is 5.80. The number of ether oxygens (including phenoxy) is 1. The maximum Gasteiger partial charge on any atom is 0.139 e. The highest BCUT2D eigenvalue weighted by Gasteiger charge is 2.57. The molecule has 1 saturated heterocycles. The zero-order valence-electron chi connectivity index (χ0n) is 14.4. The van der Waals surface area contributed by atoms with Crippen LogP contribution in [0.3, 0.4) is 0 Å². The maximum atomic E-state index is 5.98. The van der Waals surface area contributed by atoms with E-state index < -0.39 is 0 Å². The number of fused-ring (bicyclic) bond motifs is 2. The Morgan fingerprint density at radius 1 is 1.43 bits per heavy atom. The van der Waals surface area contributed by atoms with Crippen molar-refractivity contribution in [2.45, 2.75) is 52.2 Å². The molecule has 4 nitrogen and oxygen atoms in total. The zero-order chi connectivity index (χ0) is 16.0. The van der Waals surface area contributed by atoms with Crippen molar-refractivity contribution >= 4 is 5.65 Å². The van der Waals surface area contributed by atoms with Gasteiger partial charge in [-0.05, 0) is 31.4 Å². The zero-order valence-corrected chi connectivity index (χ0v) is 14.4. The molecule has 2 aliphatic rings. The number of hydrogen-bond acceptors (Lipinski definition) is 3. The lowest BCUT2D eigenvalue weighted by molar-refractivity contribution is -0.192. The molecule has 1 aliphatic carbocycles. The third kappa shape index (κ3) is 2.48. The maximum absolute atomic E-state index is 5.98. The first kappa shape index (κ1) is 15.2. The van der Waals surface area contributed by atoms with Crippen molar-refractivity contribution < 1.29 is 4.74 Å². The summed E-state index contributed by atoms with van der Waals surface area (Å²) in [4.78, 5) is 4.77. The van der Waals surface area contributed by atoms with Crippen LogP contribution < -0.4 is 5.32 Å². The van der Waals surface area contributed by atoms with Crippen LogP contribution in [0.1, 0.15) is 37.9 Å². The van der Waals surface area contributed by atoms with Crippen molar-refractivity contribution in [1.29, 1.82) is 0 Å². The standard InChI is InChI=1S/C19H27N3O/c1-13-6-4-10-22-12-14(21-18(13)22)8-9-20-16-15-7-5-11-23-17(15)19(16,2)3/h4,6,10,12,15-17,20H,5,7-9,11H2,1-3H3. The van der Waals surface area contributed by atoms with E-state index in [-0.39, 0.29) is 5.41 Å². The molecule has 3 heterocycles. The van der Waals surface area contributed by atoms with Gasteiger partial charge in [-0.1, -0.05) is 19.9 Å². The van der Waals surface area contributed by atoms with Crippen molar-refractivity contribution in [2.75, 3.05) is 13.2 Å². The normalized spacial score (nSPS) is 29.3. The van der Waals surface area contributed by atoms with E-state index in [2.05, 4.69) is 55.0 Å². The van der Waals surface area contributed by atoms with Crippen molar-refractivity contribution in [2.24, 2.45) is 11.3 Å². The fourth-order valence-corrected chi connectivity index (χ4v) is 4.62. The quantitative estimate of drug-likeness (QED) is 0.943. The summed E-state index contributed by atoms with van der Waals surface area (Å²) in [6.07, 6.45) is 8.17. The van der Waals surface area contributed by atoms with E-state index in [9.17, 15) is 0 Å². The van der Waals surface area contributed by atoms with Gasteiger partial charge in [-0.25, -0.2) is 4.98 Å². The van der Waals surface area contributed by atoms with Gasteiger partial charge in [0.2, 0.25) is 0 Å². The minimum atomic E-state index is 0.251. The molecule has 124 valence electrons. The Morgan fingerprint density at radius 2 is 2.30 bits per heavy atom. The lowest BCUT2D eigenvalue weighted by Crippen LogP contribution is -2.69. The van der Waals surface area contributed by atoms with Crippen LogP contribution in [0.2, 0.25) is 0 Å². The first-order valence-electron chi connectivity index (χ1n) is 8.85. The summed E-state index contributed by atoms with van der Waals surface area (Å²) in [5.41, 5.74) is 3.72. The Kier molecular flexibility index (Phi) is 3.69. The number of pyridine rings is 1. The van der Waals surface area contributed by atoms with Crippen molar-refractivity contribution in [3.05, 3.63) is 35.8 Å². The average molecular weight is 313 g/mol. The number of nitrogens with zero attached hydrogens (tertiary/aromatic N) is 2. The summed E-state index contributed by atoms with van der Waals surface area (Å²) >= 11 is 0. The highest BCUT2D eigenvalue weighted by Crippen LogP contribution is 2.51. The molecule has 3 unspecified atom stereocenters. The molecule has 1 aliphatic heterocycles. The van der Waals surface area contributed by atoms with Gasteiger partial charge in [-0.2, -0.15) is 0 Å². The molecule has 3 atom stereocenters. The van der Waals surface area contributed by atoms with Crippen LogP contribution >= 0.6 is 0 Å². The van der Waals surface area contributed by atoms with Crippen LogP contribution in [0.4, 0.5) is 0 Å². The van der Waals surface area contributed by atoms with E-state index in [1.807, 2.05) is 0 Å². The number of aromatic nitrogens is 2. The summed E-state index contributed by atoms with van der Waals surface area (Å²) in [6, 6.07) is 4.77. The number of imidazole rings is 1. The number of nitrogens with one attached hydrogen (secondary N) is 1. The van der Waals surface area contributed by atoms with Crippen molar-refractivity contribution in [3.63, 3.8) is 0 Å². The number of rotatable bonds is 4. The van der Waals surface area contributed by atoms with Gasteiger partial charge in [0.25, 0.3) is 0 Å². The highest BCUT2D eigenvalue weighted by molar-refractivity contribution is 5.47. The first-order valence-corrected chi connectivity index (χ1v) is 8.85. The summed E-state index contributed by atoms with van der Waals surface area (Å²) in [5, 5.41) is 3.79. The van der Waals surface area contributed by atoms with Crippen LogP contribution in [0.5, 0.6) is 0 Å². The summed E-state index contributed by atoms with van der Waals surface area (Å²) in [7, 11) is 0. The Hall–Kier alpha value is -1.39. The van der Waals surface area contributed by atoms with Gasteiger partial charge in [0.1, 0.15) is 5.65 Å². The summed E-state index contributed by atoms with van der Waals surface area (Å²) in [5.74, 6) is 0.696. The molecule has 0 aromatic carbocycles. The Balaban J connectivity index is 1.38. The second-order valence-corrected chi connectivity index (χ2v) is 7.75. The molecule has 2 aromatic heterocycles. The van der Waals surface area contributed by atoms with Gasteiger partial charge in [-0.15, -0.1) is 0 Å². The van der Waals surface area contributed by atoms with E-state index >= 15 is 0 Å². The molecular formula is C19H27N3O. The monoisotopic (exact) mass is 313 g/mol. The Bertz CT molecular complexity index is 706. The fraction of sp³-hybridized carbons (Fsp3) is 0.632. The first-order chi connectivity index (χ1) is 11.1. The fourth-order valence-electron chi connectivity index (χ4n) is 4.62. The molecule has 2 fully saturated rings. The van der Waals surface area contributed by atoms with E-state index in [0.29, 0.717) is 18.1 Å². The molecule has 0 spiro atoms. The van der Waals surface area contributed by atoms with Crippen molar-refractivity contribution in [3.8, 4) is 0 Å². The highest BCUT2D eigenvalue weighted by atomic mass is 16.5. The van der Waals surface area contributed by atoms with Crippen LogP contribution in [-0.4, -0.2) is 34.7 Å². The van der Waals surface area contributed by atoms with Gasteiger partial charge in [0.15, 0.2) is 0 Å². The number of aryl methyl sites for hydroxylation is 1. The molecule has 1 saturated carbocycles. The predicted molar refractivity (Wildman–Crippen MR) is 91.7 cm³/mol. The van der Waals surface area contributed by atoms with E-state index in [4.69, 9.17) is 9.72 Å². The lowest BCUT2D eigenvalue weighted by Gasteiger charge is -2.60. The average Bonchev–Trinajstić information content (AvgIpc) is 2.96. The van der Waals surface area contributed by atoms with E-state index in [0.717, 1.165) is 25.2 Å². The molecule has 2 aromatic rings. The number of hydrogen-bond donors (Lipinski definition) is 1. The van der Waals surface area contributed by atoms with Crippen LogP contribution in [0.15, 0.2) is 24.5 Å². The van der Waals surface area contributed by atoms with Crippen molar-refractivity contribution in [1.82, 2.24) is 14.7 Å².